The van der Waals surface area contributed by atoms with Crippen molar-refractivity contribution in [3.05, 3.63) is 45.6 Å². The highest BCUT2D eigenvalue weighted by Crippen LogP contribution is 2.32. The summed E-state index contributed by atoms with van der Waals surface area (Å²) < 4.78 is 12.5. The minimum absolute atomic E-state index is 0.0456. The van der Waals surface area contributed by atoms with Crippen LogP contribution in [0, 0.1) is 0 Å². The number of rotatable bonds is 2. The number of halogens is 1. The first-order valence-corrected chi connectivity index (χ1v) is 6.78. The Bertz CT molecular complexity index is 915. The first kappa shape index (κ1) is 13.8. The van der Waals surface area contributed by atoms with E-state index in [0.717, 1.165) is 11.0 Å². The van der Waals surface area contributed by atoms with Gasteiger partial charge in [0.1, 0.15) is 0 Å². The van der Waals surface area contributed by atoms with E-state index in [4.69, 9.17) is 21.1 Å². The van der Waals surface area contributed by atoms with Crippen LogP contribution in [0.2, 0.25) is 5.02 Å². The molecule has 0 N–H and O–H groups in total. The van der Waals surface area contributed by atoms with Crippen molar-refractivity contribution in [2.75, 3.05) is 14.2 Å². The summed E-state index contributed by atoms with van der Waals surface area (Å²) in [5.41, 5.74) is 1.51. The molecule has 3 aromatic rings. The average molecular weight is 304 g/mol. The lowest BCUT2D eigenvalue weighted by Crippen LogP contribution is -2.09. The molecule has 4 nitrogen and oxygen atoms in total. The third kappa shape index (κ3) is 2.03. The van der Waals surface area contributed by atoms with Crippen LogP contribution in [0.4, 0.5) is 0 Å². The van der Waals surface area contributed by atoms with Gasteiger partial charge in [-0.25, -0.2) is 0 Å². The van der Waals surface area contributed by atoms with Crippen LogP contribution in [0.15, 0.2) is 35.1 Å². The fraction of sp³-hybridized carbons (Fsp3) is 0.188. The molecule has 1 aromatic heterocycles. The highest BCUT2D eigenvalue weighted by atomic mass is 35.5. The van der Waals surface area contributed by atoms with Gasteiger partial charge in [-0.15, -0.1) is 0 Å². The Morgan fingerprint density at radius 3 is 2.24 bits per heavy atom. The quantitative estimate of drug-likeness (QED) is 0.682. The number of hydrogen-bond acceptors (Lipinski definition) is 3. The van der Waals surface area contributed by atoms with E-state index in [2.05, 4.69) is 0 Å². The maximum absolute atomic E-state index is 12.7. The number of fused-ring (bicyclic) bond motifs is 2. The van der Waals surface area contributed by atoms with Crippen molar-refractivity contribution in [1.82, 2.24) is 4.57 Å². The SMILES string of the molecule is COc1cc2c(=O)c3ccc(Cl)cc3n(C)c2cc1OC. The molecule has 0 bridgehead atoms. The van der Waals surface area contributed by atoms with Gasteiger partial charge in [0.25, 0.3) is 0 Å². The summed E-state index contributed by atoms with van der Waals surface area (Å²) in [4.78, 5) is 12.7. The normalized spacial score (nSPS) is 11.0. The highest BCUT2D eigenvalue weighted by molar-refractivity contribution is 6.31. The summed E-state index contributed by atoms with van der Waals surface area (Å²) in [5, 5.41) is 1.81. The second-order valence-corrected chi connectivity index (χ2v) is 5.21. The zero-order chi connectivity index (χ0) is 15.1. The third-order valence-corrected chi connectivity index (χ3v) is 3.91. The predicted octanol–water partition coefficient (Wildman–Crippen LogP) is 3.36. The lowest BCUT2D eigenvalue weighted by atomic mass is 10.1. The van der Waals surface area contributed by atoms with Crippen molar-refractivity contribution in [1.29, 1.82) is 0 Å². The van der Waals surface area contributed by atoms with Gasteiger partial charge in [-0.1, -0.05) is 11.6 Å². The van der Waals surface area contributed by atoms with E-state index >= 15 is 0 Å². The standard InChI is InChI=1S/C16H14ClNO3/c1-18-12-6-9(17)4-5-10(12)16(19)11-7-14(20-2)15(21-3)8-13(11)18/h4-8H,1-3H3. The molecule has 0 aliphatic rings. The molecule has 0 unspecified atom stereocenters. The van der Waals surface area contributed by atoms with Gasteiger partial charge in [0, 0.05) is 23.5 Å². The Kier molecular flexibility index (Phi) is 3.26. The lowest BCUT2D eigenvalue weighted by Gasteiger charge is -2.14. The molecule has 0 saturated carbocycles. The van der Waals surface area contributed by atoms with Crippen LogP contribution in [-0.2, 0) is 7.05 Å². The maximum Gasteiger partial charge on any atom is 0.197 e. The number of aryl methyl sites for hydroxylation is 1. The topological polar surface area (TPSA) is 40.5 Å². The summed E-state index contributed by atoms with van der Waals surface area (Å²) in [7, 11) is 5.01. The molecule has 0 aliphatic heterocycles. The Hall–Kier alpha value is -2.20. The average Bonchev–Trinajstić information content (AvgIpc) is 2.51. The van der Waals surface area contributed by atoms with E-state index in [0.29, 0.717) is 27.3 Å². The van der Waals surface area contributed by atoms with Crippen molar-refractivity contribution in [3.63, 3.8) is 0 Å². The zero-order valence-electron chi connectivity index (χ0n) is 11.9. The van der Waals surface area contributed by atoms with Crippen molar-refractivity contribution >= 4 is 33.4 Å². The summed E-state index contributed by atoms with van der Waals surface area (Å²) in [6.07, 6.45) is 0. The van der Waals surface area contributed by atoms with Gasteiger partial charge in [0.05, 0.1) is 30.6 Å². The Balaban J connectivity index is 2.55. The Labute approximate surface area is 126 Å². The number of benzene rings is 2. The molecule has 1 heterocycles. The molecule has 0 fully saturated rings. The molecule has 0 amide bonds. The summed E-state index contributed by atoms with van der Waals surface area (Å²) in [6, 6.07) is 8.77. The van der Waals surface area contributed by atoms with E-state index in [1.54, 1.807) is 44.6 Å². The van der Waals surface area contributed by atoms with Gasteiger partial charge in [-0.3, -0.25) is 4.79 Å². The summed E-state index contributed by atoms with van der Waals surface area (Å²) >= 11 is 6.04. The molecular weight excluding hydrogens is 290 g/mol. The molecule has 0 aliphatic carbocycles. The van der Waals surface area contributed by atoms with Crippen LogP contribution in [0.1, 0.15) is 0 Å². The second kappa shape index (κ2) is 4.97. The van der Waals surface area contributed by atoms with Crippen molar-refractivity contribution < 1.29 is 9.47 Å². The van der Waals surface area contributed by atoms with Crippen LogP contribution < -0.4 is 14.9 Å². The lowest BCUT2D eigenvalue weighted by molar-refractivity contribution is 0.355. The van der Waals surface area contributed by atoms with Gasteiger partial charge in [-0.05, 0) is 24.3 Å². The minimum Gasteiger partial charge on any atom is -0.493 e. The molecule has 0 spiro atoms. The number of ether oxygens (including phenoxy) is 2. The van der Waals surface area contributed by atoms with E-state index in [1.807, 2.05) is 11.6 Å². The molecule has 5 heteroatoms. The second-order valence-electron chi connectivity index (χ2n) is 4.77. The minimum atomic E-state index is -0.0456. The zero-order valence-corrected chi connectivity index (χ0v) is 12.7. The van der Waals surface area contributed by atoms with Gasteiger partial charge in [0.15, 0.2) is 16.9 Å². The van der Waals surface area contributed by atoms with E-state index in [1.165, 1.54) is 0 Å². The molecule has 0 radical (unpaired) electrons. The van der Waals surface area contributed by atoms with Crippen LogP contribution in [-0.4, -0.2) is 18.8 Å². The Morgan fingerprint density at radius 2 is 1.57 bits per heavy atom. The Morgan fingerprint density at radius 1 is 0.952 bits per heavy atom. The molecule has 2 aromatic carbocycles. The molecule has 0 saturated heterocycles. The smallest absolute Gasteiger partial charge is 0.197 e. The molecule has 108 valence electrons. The van der Waals surface area contributed by atoms with Crippen LogP contribution in [0.3, 0.4) is 0 Å². The van der Waals surface area contributed by atoms with Gasteiger partial charge < -0.3 is 14.0 Å². The summed E-state index contributed by atoms with van der Waals surface area (Å²) in [5.74, 6) is 1.12. The van der Waals surface area contributed by atoms with Crippen molar-refractivity contribution in [2.24, 2.45) is 7.05 Å². The number of methoxy groups -OCH3 is 2. The van der Waals surface area contributed by atoms with Crippen LogP contribution >= 0.6 is 11.6 Å². The highest BCUT2D eigenvalue weighted by Gasteiger charge is 2.13. The van der Waals surface area contributed by atoms with Gasteiger partial charge in [0.2, 0.25) is 0 Å². The number of hydrogen-bond donors (Lipinski definition) is 0. The fourth-order valence-corrected chi connectivity index (χ4v) is 2.74. The van der Waals surface area contributed by atoms with Crippen molar-refractivity contribution in [2.45, 2.75) is 0 Å². The molecule has 3 rings (SSSR count). The number of aromatic nitrogens is 1. The first-order chi connectivity index (χ1) is 10.1. The summed E-state index contributed by atoms with van der Waals surface area (Å²) in [6.45, 7) is 0. The molecular formula is C16H14ClNO3. The van der Waals surface area contributed by atoms with E-state index in [-0.39, 0.29) is 5.43 Å². The third-order valence-electron chi connectivity index (χ3n) is 3.67. The molecule has 0 atom stereocenters. The monoisotopic (exact) mass is 303 g/mol. The number of pyridine rings is 1. The van der Waals surface area contributed by atoms with Gasteiger partial charge >= 0.3 is 0 Å². The number of nitrogens with zero attached hydrogens (tertiary/aromatic N) is 1. The van der Waals surface area contributed by atoms with Crippen molar-refractivity contribution in [3.8, 4) is 11.5 Å². The first-order valence-electron chi connectivity index (χ1n) is 6.41. The van der Waals surface area contributed by atoms with Crippen LogP contribution in [0.25, 0.3) is 21.8 Å². The molecule has 21 heavy (non-hydrogen) atoms. The fourth-order valence-electron chi connectivity index (χ4n) is 2.58. The van der Waals surface area contributed by atoms with Crippen LogP contribution in [0.5, 0.6) is 11.5 Å². The maximum atomic E-state index is 12.7. The van der Waals surface area contributed by atoms with Gasteiger partial charge in [-0.2, -0.15) is 0 Å². The predicted molar refractivity (Wildman–Crippen MR) is 84.8 cm³/mol. The van der Waals surface area contributed by atoms with E-state index in [9.17, 15) is 4.79 Å². The largest absolute Gasteiger partial charge is 0.493 e. The van der Waals surface area contributed by atoms with E-state index < -0.39 is 0 Å².